The Bertz CT molecular complexity index is 205. The van der Waals surface area contributed by atoms with E-state index in [-0.39, 0.29) is 17.6 Å². The molecular weight excluding hydrogens is 174 g/mol. The predicted octanol–water partition coefficient (Wildman–Crippen LogP) is 2.44. The van der Waals surface area contributed by atoms with Crippen molar-refractivity contribution in [1.29, 1.82) is 0 Å². The summed E-state index contributed by atoms with van der Waals surface area (Å²) in [7, 11) is 0. The zero-order valence-corrected chi connectivity index (χ0v) is 9.69. The fourth-order valence-corrected chi connectivity index (χ4v) is 1.99. The lowest BCUT2D eigenvalue weighted by molar-refractivity contribution is 0.0960. The molecule has 0 heterocycles. The standard InChI is InChI=1S/C12H23NO/c1-10(8-11(2,3)4)13-12(9-14)6-5-7-12/h13-14H,1,5-9H2,2-4H3. The van der Waals surface area contributed by atoms with Crippen molar-refractivity contribution in [3.05, 3.63) is 12.3 Å². The number of hydrogen-bond donors (Lipinski definition) is 2. The van der Waals surface area contributed by atoms with E-state index in [0.29, 0.717) is 0 Å². The number of allylic oxidation sites excluding steroid dienone is 1. The molecule has 0 amide bonds. The van der Waals surface area contributed by atoms with Crippen molar-refractivity contribution in [3.8, 4) is 0 Å². The van der Waals surface area contributed by atoms with Crippen molar-refractivity contribution in [3.63, 3.8) is 0 Å². The lowest BCUT2D eigenvalue weighted by atomic mass is 9.76. The van der Waals surface area contributed by atoms with Gasteiger partial charge in [0, 0.05) is 5.70 Å². The van der Waals surface area contributed by atoms with E-state index in [4.69, 9.17) is 0 Å². The average molecular weight is 197 g/mol. The molecule has 0 spiro atoms. The second kappa shape index (κ2) is 3.93. The lowest BCUT2D eigenvalue weighted by Gasteiger charge is -2.43. The maximum Gasteiger partial charge on any atom is 0.0661 e. The Labute approximate surface area is 87.4 Å². The van der Waals surface area contributed by atoms with Crippen molar-refractivity contribution in [2.45, 2.75) is 52.0 Å². The molecule has 0 aromatic heterocycles. The molecule has 0 aromatic rings. The van der Waals surface area contributed by atoms with Crippen LogP contribution >= 0.6 is 0 Å². The summed E-state index contributed by atoms with van der Waals surface area (Å²) in [4.78, 5) is 0. The predicted molar refractivity (Wildman–Crippen MR) is 60.0 cm³/mol. The Balaban J connectivity index is 2.40. The highest BCUT2D eigenvalue weighted by Gasteiger charge is 2.36. The summed E-state index contributed by atoms with van der Waals surface area (Å²) < 4.78 is 0. The van der Waals surface area contributed by atoms with Crippen molar-refractivity contribution >= 4 is 0 Å². The number of rotatable bonds is 4. The number of nitrogens with one attached hydrogen (secondary N) is 1. The lowest BCUT2D eigenvalue weighted by Crippen LogP contribution is -2.53. The van der Waals surface area contributed by atoms with Crippen molar-refractivity contribution in [2.75, 3.05) is 6.61 Å². The number of aliphatic hydroxyl groups is 1. The van der Waals surface area contributed by atoms with E-state index >= 15 is 0 Å². The van der Waals surface area contributed by atoms with Gasteiger partial charge in [0.15, 0.2) is 0 Å². The summed E-state index contributed by atoms with van der Waals surface area (Å²) in [6.45, 7) is 10.9. The van der Waals surface area contributed by atoms with E-state index in [2.05, 4.69) is 32.7 Å². The minimum absolute atomic E-state index is 0.0394. The van der Waals surface area contributed by atoms with Crippen LogP contribution in [0.3, 0.4) is 0 Å². The largest absolute Gasteiger partial charge is 0.394 e. The van der Waals surface area contributed by atoms with Crippen molar-refractivity contribution in [1.82, 2.24) is 5.32 Å². The van der Waals surface area contributed by atoms with E-state index in [0.717, 1.165) is 25.0 Å². The minimum atomic E-state index is -0.0394. The molecule has 0 atom stereocenters. The van der Waals surface area contributed by atoms with Gasteiger partial charge < -0.3 is 10.4 Å². The van der Waals surface area contributed by atoms with Crippen LogP contribution < -0.4 is 5.32 Å². The Morgan fingerprint density at radius 2 is 2.00 bits per heavy atom. The van der Waals surface area contributed by atoms with Crippen LogP contribution in [-0.4, -0.2) is 17.3 Å². The molecule has 14 heavy (non-hydrogen) atoms. The Hall–Kier alpha value is -0.500. The van der Waals surface area contributed by atoms with Gasteiger partial charge in [0.1, 0.15) is 0 Å². The van der Waals surface area contributed by atoms with Crippen LogP contribution in [0.5, 0.6) is 0 Å². The summed E-state index contributed by atoms with van der Waals surface area (Å²) in [5.41, 5.74) is 1.29. The molecule has 2 N–H and O–H groups in total. The first-order valence-electron chi connectivity index (χ1n) is 5.44. The zero-order chi connectivity index (χ0) is 10.8. The molecule has 1 aliphatic carbocycles. The van der Waals surface area contributed by atoms with Gasteiger partial charge >= 0.3 is 0 Å². The summed E-state index contributed by atoms with van der Waals surface area (Å²) in [5.74, 6) is 0. The average Bonchev–Trinajstić information content (AvgIpc) is 1.93. The van der Waals surface area contributed by atoms with Gasteiger partial charge in [-0.05, 0) is 31.1 Å². The van der Waals surface area contributed by atoms with Gasteiger partial charge in [0.2, 0.25) is 0 Å². The molecule has 1 fully saturated rings. The van der Waals surface area contributed by atoms with Crippen molar-refractivity contribution in [2.24, 2.45) is 5.41 Å². The summed E-state index contributed by atoms with van der Waals surface area (Å²) in [6, 6.07) is 0. The minimum Gasteiger partial charge on any atom is -0.394 e. The van der Waals surface area contributed by atoms with Gasteiger partial charge in [-0.3, -0.25) is 0 Å². The topological polar surface area (TPSA) is 32.3 Å². The van der Waals surface area contributed by atoms with Crippen LogP contribution in [0, 0.1) is 5.41 Å². The first-order valence-corrected chi connectivity index (χ1v) is 5.44. The van der Waals surface area contributed by atoms with Gasteiger partial charge in [-0.1, -0.05) is 27.4 Å². The van der Waals surface area contributed by atoms with Crippen LogP contribution in [0.25, 0.3) is 0 Å². The molecule has 0 unspecified atom stereocenters. The van der Waals surface area contributed by atoms with Crippen LogP contribution in [0.15, 0.2) is 12.3 Å². The van der Waals surface area contributed by atoms with E-state index in [9.17, 15) is 5.11 Å². The van der Waals surface area contributed by atoms with Gasteiger partial charge in [0.25, 0.3) is 0 Å². The van der Waals surface area contributed by atoms with Gasteiger partial charge in [-0.25, -0.2) is 0 Å². The molecule has 82 valence electrons. The smallest absolute Gasteiger partial charge is 0.0661 e. The molecule has 1 aliphatic rings. The highest BCUT2D eigenvalue weighted by molar-refractivity contribution is 5.06. The zero-order valence-electron chi connectivity index (χ0n) is 9.69. The maximum atomic E-state index is 9.28. The van der Waals surface area contributed by atoms with Gasteiger partial charge in [0.05, 0.1) is 12.1 Å². The highest BCUT2D eigenvalue weighted by Crippen LogP contribution is 2.33. The molecule has 0 saturated heterocycles. The molecule has 2 nitrogen and oxygen atoms in total. The number of aliphatic hydroxyl groups excluding tert-OH is 1. The third-order valence-corrected chi connectivity index (χ3v) is 2.80. The third kappa shape index (κ3) is 3.02. The molecule has 1 rings (SSSR count). The fourth-order valence-electron chi connectivity index (χ4n) is 1.99. The monoisotopic (exact) mass is 197 g/mol. The molecule has 0 bridgehead atoms. The van der Waals surface area contributed by atoms with E-state index < -0.39 is 0 Å². The molecular formula is C12H23NO. The Morgan fingerprint density at radius 1 is 1.43 bits per heavy atom. The first kappa shape index (κ1) is 11.6. The molecule has 0 radical (unpaired) electrons. The summed E-state index contributed by atoms with van der Waals surface area (Å²) in [5, 5.41) is 12.7. The Morgan fingerprint density at radius 3 is 2.29 bits per heavy atom. The highest BCUT2D eigenvalue weighted by atomic mass is 16.3. The molecule has 1 saturated carbocycles. The molecule has 0 aliphatic heterocycles. The maximum absolute atomic E-state index is 9.28. The van der Waals surface area contributed by atoms with Crippen LogP contribution in [0.4, 0.5) is 0 Å². The van der Waals surface area contributed by atoms with Crippen molar-refractivity contribution < 1.29 is 5.11 Å². The number of hydrogen-bond acceptors (Lipinski definition) is 2. The summed E-state index contributed by atoms with van der Waals surface area (Å²) in [6.07, 6.45) is 4.34. The van der Waals surface area contributed by atoms with Crippen LogP contribution in [-0.2, 0) is 0 Å². The SMILES string of the molecule is C=C(CC(C)(C)C)NC1(CO)CCC1. The first-order chi connectivity index (χ1) is 6.37. The molecule has 2 heteroatoms. The van der Waals surface area contributed by atoms with Crippen LogP contribution in [0.2, 0.25) is 0 Å². The van der Waals surface area contributed by atoms with Gasteiger partial charge in [-0.15, -0.1) is 0 Å². The van der Waals surface area contributed by atoms with E-state index in [1.165, 1.54) is 6.42 Å². The quantitative estimate of drug-likeness (QED) is 0.725. The van der Waals surface area contributed by atoms with E-state index in [1.54, 1.807) is 0 Å². The summed E-state index contributed by atoms with van der Waals surface area (Å²) >= 11 is 0. The fraction of sp³-hybridized carbons (Fsp3) is 0.833. The second-order valence-corrected chi connectivity index (χ2v) is 5.76. The van der Waals surface area contributed by atoms with Crippen LogP contribution in [0.1, 0.15) is 46.5 Å². The second-order valence-electron chi connectivity index (χ2n) is 5.76. The van der Waals surface area contributed by atoms with Gasteiger partial charge in [-0.2, -0.15) is 0 Å². The van der Waals surface area contributed by atoms with E-state index in [1.807, 2.05) is 0 Å². The Kier molecular flexibility index (Phi) is 3.25. The molecule has 0 aromatic carbocycles. The normalized spacial score (nSPS) is 20.0. The third-order valence-electron chi connectivity index (χ3n) is 2.80.